The molecule has 0 aliphatic heterocycles. The molecule has 0 aromatic carbocycles. The highest BCUT2D eigenvalue weighted by molar-refractivity contribution is 5.79. The molecule has 0 aromatic heterocycles. The first-order valence-corrected chi connectivity index (χ1v) is 9.34. The van der Waals surface area contributed by atoms with Crippen LogP contribution in [0.25, 0.3) is 0 Å². The molecule has 1 saturated carbocycles. The summed E-state index contributed by atoms with van der Waals surface area (Å²) in [7, 11) is 0. The van der Waals surface area contributed by atoms with Crippen molar-refractivity contribution in [3.8, 4) is 0 Å². The van der Waals surface area contributed by atoms with E-state index in [-0.39, 0.29) is 5.92 Å². The molecule has 0 aromatic rings. The molecule has 1 N–H and O–H groups in total. The zero-order chi connectivity index (χ0) is 15.7. The van der Waals surface area contributed by atoms with E-state index in [1.807, 2.05) is 0 Å². The third kappa shape index (κ3) is 6.84. The second kappa shape index (κ2) is 10.2. The fourth-order valence-electron chi connectivity index (χ4n) is 3.75. The predicted octanol–water partition coefficient (Wildman–Crippen LogP) is 5.17. The van der Waals surface area contributed by atoms with E-state index in [2.05, 4.69) is 33.0 Å². The van der Waals surface area contributed by atoms with Gasteiger partial charge in [0, 0.05) is 12.5 Å². The Morgan fingerprint density at radius 2 is 1.76 bits per heavy atom. The van der Waals surface area contributed by atoms with Crippen LogP contribution in [-0.4, -0.2) is 12.5 Å². The number of carbonyl (C=O) groups excluding carboxylic acids is 1. The predicted molar refractivity (Wildman–Crippen MR) is 91.2 cm³/mol. The molecule has 0 saturated heterocycles. The van der Waals surface area contributed by atoms with Gasteiger partial charge < -0.3 is 5.32 Å². The minimum Gasteiger partial charge on any atom is -0.356 e. The zero-order valence-electron chi connectivity index (χ0n) is 14.8. The lowest BCUT2D eigenvalue weighted by atomic mass is 9.70. The summed E-state index contributed by atoms with van der Waals surface area (Å²) in [5.41, 5.74) is 0. The molecule has 124 valence electrons. The van der Waals surface area contributed by atoms with Gasteiger partial charge in [-0.1, -0.05) is 66.2 Å². The van der Waals surface area contributed by atoms with Crippen LogP contribution in [0.3, 0.4) is 0 Å². The van der Waals surface area contributed by atoms with E-state index in [0.29, 0.717) is 23.7 Å². The van der Waals surface area contributed by atoms with E-state index in [1.165, 1.54) is 44.9 Å². The van der Waals surface area contributed by atoms with E-state index >= 15 is 0 Å². The number of unbranched alkanes of at least 4 members (excludes halogenated alkanes) is 5. The van der Waals surface area contributed by atoms with Crippen molar-refractivity contribution in [1.82, 2.24) is 5.32 Å². The number of amides is 1. The largest absolute Gasteiger partial charge is 0.356 e. The molecular formula is C19H37NO. The highest BCUT2D eigenvalue weighted by Gasteiger charge is 2.34. The molecule has 21 heavy (non-hydrogen) atoms. The van der Waals surface area contributed by atoms with Crippen LogP contribution in [-0.2, 0) is 4.79 Å². The second-order valence-corrected chi connectivity index (χ2v) is 7.49. The average molecular weight is 296 g/mol. The molecule has 3 atom stereocenters. The lowest BCUT2D eigenvalue weighted by molar-refractivity contribution is -0.129. The Kier molecular flexibility index (Phi) is 9.03. The number of nitrogens with one attached hydrogen (secondary N) is 1. The van der Waals surface area contributed by atoms with Crippen LogP contribution in [0.15, 0.2) is 0 Å². The first-order chi connectivity index (χ1) is 10.1. The van der Waals surface area contributed by atoms with Crippen molar-refractivity contribution < 1.29 is 4.79 Å². The zero-order valence-corrected chi connectivity index (χ0v) is 14.8. The lowest BCUT2D eigenvalue weighted by Crippen LogP contribution is -2.40. The molecule has 1 rings (SSSR count). The molecule has 1 aliphatic rings. The van der Waals surface area contributed by atoms with Gasteiger partial charge >= 0.3 is 0 Å². The van der Waals surface area contributed by atoms with E-state index in [9.17, 15) is 4.79 Å². The van der Waals surface area contributed by atoms with E-state index in [4.69, 9.17) is 0 Å². The highest BCUT2D eigenvalue weighted by Crippen LogP contribution is 2.38. The highest BCUT2D eigenvalue weighted by atomic mass is 16.1. The Hall–Kier alpha value is -0.530. The maximum Gasteiger partial charge on any atom is 0.223 e. The summed E-state index contributed by atoms with van der Waals surface area (Å²) < 4.78 is 0. The molecule has 1 fully saturated rings. The van der Waals surface area contributed by atoms with Gasteiger partial charge in [0.05, 0.1) is 0 Å². The van der Waals surface area contributed by atoms with Gasteiger partial charge in [-0.2, -0.15) is 0 Å². The summed E-state index contributed by atoms with van der Waals surface area (Å²) in [6.07, 6.45) is 11.3. The number of hydrogen-bond acceptors (Lipinski definition) is 1. The Morgan fingerprint density at radius 1 is 1.10 bits per heavy atom. The molecule has 0 heterocycles. The Morgan fingerprint density at radius 3 is 2.43 bits per heavy atom. The van der Waals surface area contributed by atoms with Crippen molar-refractivity contribution in [3.05, 3.63) is 0 Å². The standard InChI is InChI=1S/C19H37NO/c1-5-6-7-8-9-10-13-20-19(21)18-14-16(4)11-12-17(18)15(2)3/h15-18H,5-14H2,1-4H3,(H,20,21). The topological polar surface area (TPSA) is 29.1 Å². The lowest BCUT2D eigenvalue weighted by Gasteiger charge is -2.36. The summed E-state index contributed by atoms with van der Waals surface area (Å²) >= 11 is 0. The fraction of sp³-hybridized carbons (Fsp3) is 0.947. The summed E-state index contributed by atoms with van der Waals surface area (Å²) in [6.45, 7) is 9.96. The molecule has 0 spiro atoms. The van der Waals surface area contributed by atoms with Crippen LogP contribution in [0.5, 0.6) is 0 Å². The minimum absolute atomic E-state index is 0.258. The van der Waals surface area contributed by atoms with Gasteiger partial charge in [0.25, 0.3) is 0 Å². The third-order valence-corrected chi connectivity index (χ3v) is 5.19. The molecule has 2 nitrogen and oxygen atoms in total. The molecule has 1 amide bonds. The average Bonchev–Trinajstić information content (AvgIpc) is 2.45. The van der Waals surface area contributed by atoms with Crippen molar-refractivity contribution in [2.75, 3.05) is 6.54 Å². The SMILES string of the molecule is CCCCCCCCNC(=O)C1CC(C)CCC1C(C)C. The Bertz CT molecular complexity index is 287. The summed E-state index contributed by atoms with van der Waals surface area (Å²) in [6, 6.07) is 0. The maximum absolute atomic E-state index is 12.5. The Labute approximate surface area is 132 Å². The molecule has 1 aliphatic carbocycles. The molecule has 3 unspecified atom stereocenters. The quantitative estimate of drug-likeness (QED) is 0.584. The molecule has 0 bridgehead atoms. The Balaban J connectivity index is 2.25. The van der Waals surface area contributed by atoms with Gasteiger partial charge in [0.1, 0.15) is 0 Å². The van der Waals surface area contributed by atoms with Gasteiger partial charge in [-0.15, -0.1) is 0 Å². The fourth-order valence-corrected chi connectivity index (χ4v) is 3.75. The number of rotatable bonds is 9. The smallest absolute Gasteiger partial charge is 0.223 e. The van der Waals surface area contributed by atoms with E-state index < -0.39 is 0 Å². The van der Waals surface area contributed by atoms with Crippen LogP contribution in [0, 0.1) is 23.7 Å². The van der Waals surface area contributed by atoms with Gasteiger partial charge in [-0.25, -0.2) is 0 Å². The van der Waals surface area contributed by atoms with Crippen molar-refractivity contribution in [3.63, 3.8) is 0 Å². The van der Waals surface area contributed by atoms with Crippen molar-refractivity contribution in [2.45, 2.75) is 85.5 Å². The summed E-state index contributed by atoms with van der Waals surface area (Å²) in [4.78, 5) is 12.5. The van der Waals surface area contributed by atoms with Crippen molar-refractivity contribution in [1.29, 1.82) is 0 Å². The summed E-state index contributed by atoms with van der Waals surface area (Å²) in [5, 5.41) is 3.21. The number of hydrogen-bond donors (Lipinski definition) is 1. The van der Waals surface area contributed by atoms with Crippen LogP contribution >= 0.6 is 0 Å². The van der Waals surface area contributed by atoms with E-state index in [1.54, 1.807) is 0 Å². The van der Waals surface area contributed by atoms with Crippen LogP contribution in [0.2, 0.25) is 0 Å². The van der Waals surface area contributed by atoms with Gasteiger partial charge in [0.15, 0.2) is 0 Å². The van der Waals surface area contributed by atoms with Crippen LogP contribution < -0.4 is 5.32 Å². The molecule has 2 heteroatoms. The van der Waals surface area contributed by atoms with Crippen molar-refractivity contribution in [2.24, 2.45) is 23.7 Å². The van der Waals surface area contributed by atoms with Gasteiger partial charge in [-0.3, -0.25) is 4.79 Å². The number of carbonyl (C=O) groups is 1. The maximum atomic E-state index is 12.5. The van der Waals surface area contributed by atoms with Crippen molar-refractivity contribution >= 4 is 5.91 Å². The minimum atomic E-state index is 0.258. The first-order valence-electron chi connectivity index (χ1n) is 9.34. The summed E-state index contributed by atoms with van der Waals surface area (Å²) in [5.74, 6) is 2.51. The monoisotopic (exact) mass is 295 g/mol. The van der Waals surface area contributed by atoms with Crippen LogP contribution in [0.1, 0.15) is 85.5 Å². The van der Waals surface area contributed by atoms with E-state index in [0.717, 1.165) is 19.4 Å². The van der Waals surface area contributed by atoms with Gasteiger partial charge in [-0.05, 0) is 37.0 Å². The molecule has 0 radical (unpaired) electrons. The second-order valence-electron chi connectivity index (χ2n) is 7.49. The third-order valence-electron chi connectivity index (χ3n) is 5.19. The van der Waals surface area contributed by atoms with Crippen LogP contribution in [0.4, 0.5) is 0 Å². The molecular weight excluding hydrogens is 258 g/mol. The normalized spacial score (nSPS) is 26.0. The first kappa shape index (κ1) is 18.5. The van der Waals surface area contributed by atoms with Gasteiger partial charge in [0.2, 0.25) is 5.91 Å².